The number of hydrogen-bond donors (Lipinski definition) is 1. The molecule has 1 heterocycles. The van der Waals surface area contributed by atoms with Crippen LogP contribution in [0.5, 0.6) is 0 Å². The van der Waals surface area contributed by atoms with Gasteiger partial charge in [-0.1, -0.05) is 19.3 Å². The number of esters is 1. The number of hydrogen-bond acceptors (Lipinski definition) is 5. The number of halogens is 3. The molecule has 1 aliphatic heterocycles. The summed E-state index contributed by atoms with van der Waals surface area (Å²) in [5.41, 5.74) is -0.945. The van der Waals surface area contributed by atoms with Crippen LogP contribution in [0.15, 0.2) is 0 Å². The van der Waals surface area contributed by atoms with Crippen molar-refractivity contribution in [2.75, 3.05) is 26.7 Å². The number of imide groups is 1. The van der Waals surface area contributed by atoms with E-state index in [1.807, 2.05) is 0 Å². The first-order chi connectivity index (χ1) is 12.1. The fourth-order valence-electron chi connectivity index (χ4n) is 3.24. The Hall–Kier alpha value is -2.33. The normalized spacial score (nSPS) is 19.8. The van der Waals surface area contributed by atoms with Crippen LogP contribution in [0.2, 0.25) is 0 Å². The summed E-state index contributed by atoms with van der Waals surface area (Å²) in [6.45, 7) is -3.15. The molecule has 0 atom stereocenters. The van der Waals surface area contributed by atoms with Crippen LogP contribution in [0, 0.1) is 0 Å². The molecule has 2 aliphatic rings. The number of likely N-dealkylation sites (N-methyl/N-ethyl adjacent to an activating group) is 1. The average Bonchev–Trinajstić information content (AvgIpc) is 2.75. The Balaban J connectivity index is 1.88. The second-order valence-corrected chi connectivity index (χ2v) is 6.38. The third kappa shape index (κ3) is 4.25. The Labute approximate surface area is 147 Å². The minimum Gasteiger partial charge on any atom is -0.454 e. The molecule has 4 amide bonds. The molecule has 2 fully saturated rings. The van der Waals surface area contributed by atoms with Crippen LogP contribution < -0.4 is 5.32 Å². The first-order valence-corrected chi connectivity index (χ1v) is 8.16. The molecule has 26 heavy (non-hydrogen) atoms. The summed E-state index contributed by atoms with van der Waals surface area (Å²) in [4.78, 5) is 50.0. The van der Waals surface area contributed by atoms with Crippen LogP contribution in [-0.2, 0) is 19.1 Å². The molecular weight excluding hydrogens is 359 g/mol. The van der Waals surface area contributed by atoms with Gasteiger partial charge in [0.1, 0.15) is 18.6 Å². The smallest absolute Gasteiger partial charge is 0.405 e. The monoisotopic (exact) mass is 379 g/mol. The second kappa shape index (κ2) is 7.50. The topological polar surface area (TPSA) is 96.0 Å². The number of ether oxygens (including phenoxy) is 1. The van der Waals surface area contributed by atoms with Crippen LogP contribution in [0.25, 0.3) is 0 Å². The molecule has 146 valence electrons. The number of carbonyl (C=O) groups excluding carboxylic acids is 4. The molecule has 0 aromatic carbocycles. The van der Waals surface area contributed by atoms with E-state index in [1.165, 1.54) is 11.9 Å². The maximum atomic E-state index is 12.6. The van der Waals surface area contributed by atoms with Crippen LogP contribution in [0.3, 0.4) is 0 Å². The highest BCUT2D eigenvalue weighted by Gasteiger charge is 2.55. The lowest BCUT2D eigenvalue weighted by Gasteiger charge is -2.35. The van der Waals surface area contributed by atoms with Crippen molar-refractivity contribution in [2.45, 2.75) is 43.8 Å². The van der Waals surface area contributed by atoms with E-state index >= 15 is 0 Å². The zero-order valence-corrected chi connectivity index (χ0v) is 14.2. The van der Waals surface area contributed by atoms with Crippen molar-refractivity contribution in [3.05, 3.63) is 0 Å². The van der Waals surface area contributed by atoms with E-state index in [0.29, 0.717) is 12.8 Å². The third-order valence-electron chi connectivity index (χ3n) is 4.62. The van der Waals surface area contributed by atoms with E-state index in [-0.39, 0.29) is 0 Å². The molecule has 0 aromatic rings. The Morgan fingerprint density at radius 1 is 1.19 bits per heavy atom. The number of alkyl halides is 3. The van der Waals surface area contributed by atoms with Gasteiger partial charge in [0.05, 0.1) is 0 Å². The SMILES string of the molecule is CN1C(=O)N(CC(=O)OCC(=O)NCC(F)(F)F)C(=O)C12CCCCC2. The summed E-state index contributed by atoms with van der Waals surface area (Å²) in [6.07, 6.45) is -1.000. The minimum atomic E-state index is -4.58. The zero-order valence-electron chi connectivity index (χ0n) is 14.2. The van der Waals surface area contributed by atoms with Gasteiger partial charge >= 0.3 is 18.2 Å². The summed E-state index contributed by atoms with van der Waals surface area (Å²) in [5.74, 6) is -2.66. The fraction of sp³-hybridized carbons (Fsp3) is 0.733. The Morgan fingerprint density at radius 3 is 2.38 bits per heavy atom. The van der Waals surface area contributed by atoms with Crippen LogP contribution in [-0.4, -0.2) is 72.1 Å². The molecule has 1 N–H and O–H groups in total. The van der Waals surface area contributed by atoms with Crippen molar-refractivity contribution in [1.82, 2.24) is 15.1 Å². The quantitative estimate of drug-likeness (QED) is 0.563. The van der Waals surface area contributed by atoms with Crippen molar-refractivity contribution in [3.63, 3.8) is 0 Å². The highest BCUT2D eigenvalue weighted by molar-refractivity contribution is 6.08. The number of amides is 4. The molecule has 2 rings (SSSR count). The van der Waals surface area contributed by atoms with Crippen molar-refractivity contribution < 1.29 is 37.1 Å². The van der Waals surface area contributed by atoms with E-state index in [9.17, 15) is 32.3 Å². The van der Waals surface area contributed by atoms with E-state index in [0.717, 1.165) is 24.2 Å². The number of nitrogens with zero attached hydrogens (tertiary/aromatic N) is 2. The van der Waals surface area contributed by atoms with Crippen LogP contribution >= 0.6 is 0 Å². The maximum absolute atomic E-state index is 12.6. The van der Waals surface area contributed by atoms with Gasteiger partial charge in [-0.2, -0.15) is 13.2 Å². The summed E-state index contributed by atoms with van der Waals surface area (Å²) in [7, 11) is 1.50. The average molecular weight is 379 g/mol. The van der Waals surface area contributed by atoms with Crippen molar-refractivity contribution >= 4 is 23.8 Å². The molecule has 8 nitrogen and oxygen atoms in total. The summed E-state index contributed by atoms with van der Waals surface area (Å²) in [6, 6.07) is -0.629. The number of carbonyl (C=O) groups is 4. The molecule has 1 saturated carbocycles. The number of urea groups is 1. The van der Waals surface area contributed by atoms with Gasteiger partial charge in [0.15, 0.2) is 6.61 Å². The molecule has 1 aliphatic carbocycles. The van der Waals surface area contributed by atoms with Crippen LogP contribution in [0.4, 0.5) is 18.0 Å². The Kier molecular flexibility index (Phi) is 5.77. The standard InChI is InChI=1S/C15H20F3N3O5/c1-20-13(25)21(12(24)14(20)5-3-2-4-6-14)7-11(23)26-8-10(22)19-9-15(16,17)18/h2-9H2,1H3,(H,19,22). The highest BCUT2D eigenvalue weighted by atomic mass is 19.4. The minimum absolute atomic E-state index is 0.483. The van der Waals surface area contributed by atoms with Crippen molar-refractivity contribution in [3.8, 4) is 0 Å². The highest BCUT2D eigenvalue weighted by Crippen LogP contribution is 2.39. The van der Waals surface area contributed by atoms with Gasteiger partial charge in [0.2, 0.25) is 0 Å². The Bertz CT molecular complexity index is 602. The number of nitrogens with one attached hydrogen (secondary N) is 1. The fourth-order valence-corrected chi connectivity index (χ4v) is 3.24. The van der Waals surface area contributed by atoms with E-state index in [4.69, 9.17) is 0 Å². The van der Waals surface area contributed by atoms with Gasteiger partial charge in [-0.25, -0.2) is 4.79 Å². The van der Waals surface area contributed by atoms with Crippen molar-refractivity contribution in [1.29, 1.82) is 0 Å². The molecule has 0 unspecified atom stereocenters. The van der Waals surface area contributed by atoms with Gasteiger partial charge in [-0.05, 0) is 12.8 Å². The predicted molar refractivity (Wildman–Crippen MR) is 80.7 cm³/mol. The van der Waals surface area contributed by atoms with Gasteiger partial charge in [-0.15, -0.1) is 0 Å². The summed E-state index contributed by atoms with van der Waals surface area (Å²) < 4.78 is 40.5. The molecule has 1 saturated heterocycles. The van der Waals surface area contributed by atoms with E-state index in [2.05, 4.69) is 4.74 Å². The first kappa shape index (κ1) is 20.0. The van der Waals surface area contributed by atoms with E-state index in [1.54, 1.807) is 5.32 Å². The lowest BCUT2D eigenvalue weighted by molar-refractivity contribution is -0.153. The zero-order chi connectivity index (χ0) is 19.5. The van der Waals surface area contributed by atoms with Gasteiger partial charge in [0, 0.05) is 7.05 Å². The predicted octanol–water partition coefficient (Wildman–Crippen LogP) is 0.805. The summed E-state index contributed by atoms with van der Waals surface area (Å²) >= 11 is 0. The lowest BCUT2D eigenvalue weighted by atomic mass is 9.81. The van der Waals surface area contributed by atoms with Crippen molar-refractivity contribution in [2.24, 2.45) is 0 Å². The van der Waals surface area contributed by atoms with E-state index < -0.39 is 55.2 Å². The number of rotatable bonds is 5. The summed E-state index contributed by atoms with van der Waals surface area (Å²) in [5, 5.41) is 1.55. The first-order valence-electron chi connectivity index (χ1n) is 8.16. The molecular formula is C15H20F3N3O5. The van der Waals surface area contributed by atoms with Gasteiger partial charge < -0.3 is 15.0 Å². The van der Waals surface area contributed by atoms with Gasteiger partial charge in [-0.3, -0.25) is 19.3 Å². The molecule has 11 heteroatoms. The molecule has 1 spiro atoms. The lowest BCUT2D eigenvalue weighted by Crippen LogP contribution is -2.49. The largest absolute Gasteiger partial charge is 0.454 e. The third-order valence-corrected chi connectivity index (χ3v) is 4.62. The van der Waals surface area contributed by atoms with Crippen LogP contribution in [0.1, 0.15) is 32.1 Å². The molecule has 0 radical (unpaired) electrons. The molecule has 0 aromatic heterocycles. The Morgan fingerprint density at radius 2 is 1.81 bits per heavy atom. The second-order valence-electron chi connectivity index (χ2n) is 6.38. The van der Waals surface area contributed by atoms with Gasteiger partial charge in [0.25, 0.3) is 11.8 Å². The maximum Gasteiger partial charge on any atom is 0.405 e. The molecule has 0 bridgehead atoms.